The van der Waals surface area contributed by atoms with E-state index in [9.17, 15) is 9.59 Å². The molecule has 4 atom stereocenters. The molecular weight excluding hydrogens is 226 g/mol. The molecule has 0 saturated carbocycles. The molecule has 0 amide bonds. The molecule has 0 aliphatic carbocycles. The molecule has 2 aliphatic rings. The Balaban J connectivity index is 1.75. The van der Waals surface area contributed by atoms with Gasteiger partial charge in [-0.2, -0.15) is 0 Å². The molecule has 0 spiro atoms. The highest BCUT2D eigenvalue weighted by atomic mass is 16.8. The van der Waals surface area contributed by atoms with Crippen LogP contribution in [-0.4, -0.2) is 43.0 Å². The normalized spacial score (nSPS) is 36.5. The van der Waals surface area contributed by atoms with Crippen LogP contribution in [0.25, 0.3) is 0 Å². The molecule has 96 valence electrons. The van der Waals surface area contributed by atoms with Crippen LogP contribution in [0.4, 0.5) is 4.79 Å². The Labute approximate surface area is 99.6 Å². The Morgan fingerprint density at radius 2 is 2.18 bits per heavy atom. The summed E-state index contributed by atoms with van der Waals surface area (Å²) in [7, 11) is 0. The third-order valence-electron chi connectivity index (χ3n) is 3.10. The van der Waals surface area contributed by atoms with E-state index in [1.54, 1.807) is 6.92 Å². The van der Waals surface area contributed by atoms with E-state index < -0.39 is 12.3 Å². The molecule has 2 aliphatic heterocycles. The minimum Gasteiger partial charge on any atom is -0.460 e. The zero-order valence-corrected chi connectivity index (χ0v) is 9.97. The third kappa shape index (κ3) is 2.88. The Bertz CT molecular complexity index is 319. The quantitative estimate of drug-likeness (QED) is 0.731. The van der Waals surface area contributed by atoms with Crippen molar-refractivity contribution in [3.05, 3.63) is 0 Å². The van der Waals surface area contributed by atoms with Crippen LogP contribution in [0.15, 0.2) is 0 Å². The number of nitrogens with one attached hydrogen (secondary N) is 1. The van der Waals surface area contributed by atoms with E-state index in [1.165, 1.54) is 0 Å². The summed E-state index contributed by atoms with van der Waals surface area (Å²) in [5.41, 5.74) is 0. The summed E-state index contributed by atoms with van der Waals surface area (Å²) >= 11 is 0. The summed E-state index contributed by atoms with van der Waals surface area (Å²) in [6.07, 6.45) is 0.191. The Morgan fingerprint density at radius 3 is 2.71 bits per heavy atom. The number of carbonyl (C=O) groups is 2. The van der Waals surface area contributed by atoms with Gasteiger partial charge in [-0.05, 0) is 26.7 Å². The van der Waals surface area contributed by atoms with Crippen molar-refractivity contribution in [2.75, 3.05) is 6.61 Å². The second-order valence-electron chi connectivity index (χ2n) is 4.56. The predicted octanol–water partition coefficient (Wildman–Crippen LogP) is 0.594. The molecule has 1 N–H and O–H groups in total. The van der Waals surface area contributed by atoms with E-state index in [2.05, 4.69) is 5.32 Å². The second kappa shape index (κ2) is 4.91. The van der Waals surface area contributed by atoms with E-state index in [-0.39, 0.29) is 24.7 Å². The first-order valence-electron chi connectivity index (χ1n) is 5.86. The summed E-state index contributed by atoms with van der Waals surface area (Å²) in [5.74, 6) is -0.288. The number of carbonyl (C=O) groups excluding carboxylic acids is 2. The minimum atomic E-state index is -0.703. The van der Waals surface area contributed by atoms with E-state index in [0.717, 1.165) is 12.8 Å². The van der Waals surface area contributed by atoms with E-state index >= 15 is 0 Å². The van der Waals surface area contributed by atoms with Crippen molar-refractivity contribution in [2.45, 2.75) is 51.0 Å². The standard InChI is InChI=1S/C11H17NO5/c1-6-3-4-8(12-6)10(13)15-5-9-7(2)16-11(14)17-9/h6-9,12H,3-5H2,1-2H3/t6?,7?,8-,9?/m0/s1. The molecule has 0 radical (unpaired) electrons. The molecule has 3 unspecified atom stereocenters. The lowest BCUT2D eigenvalue weighted by Gasteiger charge is -2.14. The Morgan fingerprint density at radius 1 is 1.41 bits per heavy atom. The van der Waals surface area contributed by atoms with Crippen molar-refractivity contribution < 1.29 is 23.8 Å². The van der Waals surface area contributed by atoms with Gasteiger partial charge in [-0.25, -0.2) is 4.79 Å². The monoisotopic (exact) mass is 243 g/mol. The van der Waals surface area contributed by atoms with Gasteiger partial charge in [-0.1, -0.05) is 0 Å². The topological polar surface area (TPSA) is 73.9 Å². The predicted molar refractivity (Wildman–Crippen MR) is 57.4 cm³/mol. The summed E-state index contributed by atoms with van der Waals surface area (Å²) in [6.45, 7) is 3.79. The van der Waals surface area contributed by atoms with Crippen molar-refractivity contribution >= 4 is 12.1 Å². The smallest absolute Gasteiger partial charge is 0.460 e. The summed E-state index contributed by atoms with van der Waals surface area (Å²) in [6, 6.07) is 0.109. The number of hydrogen-bond donors (Lipinski definition) is 1. The first-order chi connectivity index (χ1) is 8.06. The van der Waals surface area contributed by atoms with Crippen molar-refractivity contribution in [3.63, 3.8) is 0 Å². The Kier molecular flexibility index (Phi) is 3.51. The third-order valence-corrected chi connectivity index (χ3v) is 3.10. The average Bonchev–Trinajstić information content (AvgIpc) is 2.82. The lowest BCUT2D eigenvalue weighted by molar-refractivity contribution is -0.148. The van der Waals surface area contributed by atoms with Gasteiger partial charge in [0.25, 0.3) is 0 Å². The molecule has 0 aromatic heterocycles. The molecule has 6 nitrogen and oxygen atoms in total. The van der Waals surface area contributed by atoms with Crippen LogP contribution in [0.1, 0.15) is 26.7 Å². The molecule has 2 heterocycles. The van der Waals surface area contributed by atoms with Gasteiger partial charge >= 0.3 is 12.1 Å². The fourth-order valence-electron chi connectivity index (χ4n) is 2.02. The van der Waals surface area contributed by atoms with Crippen LogP contribution in [0.2, 0.25) is 0 Å². The minimum absolute atomic E-state index is 0.0539. The van der Waals surface area contributed by atoms with E-state index in [0.29, 0.717) is 6.04 Å². The molecule has 2 rings (SSSR count). The highest BCUT2D eigenvalue weighted by Crippen LogP contribution is 2.17. The highest BCUT2D eigenvalue weighted by molar-refractivity contribution is 5.76. The van der Waals surface area contributed by atoms with Crippen molar-refractivity contribution in [3.8, 4) is 0 Å². The van der Waals surface area contributed by atoms with Crippen molar-refractivity contribution in [1.82, 2.24) is 5.32 Å². The van der Waals surface area contributed by atoms with Gasteiger partial charge < -0.3 is 19.5 Å². The van der Waals surface area contributed by atoms with E-state index in [1.807, 2.05) is 6.92 Å². The van der Waals surface area contributed by atoms with Gasteiger partial charge in [0.05, 0.1) is 0 Å². The zero-order chi connectivity index (χ0) is 12.4. The molecule has 0 bridgehead atoms. The fourth-order valence-corrected chi connectivity index (χ4v) is 2.02. The number of ether oxygens (including phenoxy) is 3. The zero-order valence-electron chi connectivity index (χ0n) is 9.97. The molecule has 2 fully saturated rings. The fraction of sp³-hybridized carbons (Fsp3) is 0.818. The first-order valence-corrected chi connectivity index (χ1v) is 5.86. The molecule has 0 aromatic carbocycles. The molecule has 6 heteroatoms. The number of rotatable bonds is 3. The lowest BCUT2D eigenvalue weighted by Crippen LogP contribution is -2.37. The Hall–Kier alpha value is -1.30. The molecule has 0 aromatic rings. The van der Waals surface area contributed by atoms with Gasteiger partial charge in [-0.15, -0.1) is 0 Å². The maximum atomic E-state index is 11.7. The molecular formula is C11H17NO5. The number of cyclic esters (lactones) is 2. The van der Waals surface area contributed by atoms with Crippen LogP contribution in [-0.2, 0) is 19.0 Å². The summed E-state index contributed by atoms with van der Waals surface area (Å²) in [4.78, 5) is 22.5. The van der Waals surface area contributed by atoms with E-state index in [4.69, 9.17) is 14.2 Å². The van der Waals surface area contributed by atoms with Crippen LogP contribution in [0.3, 0.4) is 0 Å². The maximum absolute atomic E-state index is 11.7. The number of hydrogen-bond acceptors (Lipinski definition) is 6. The summed E-state index contributed by atoms with van der Waals surface area (Å²) < 4.78 is 14.7. The SMILES string of the molecule is CC1CC[C@@H](C(=O)OCC2OC(=O)OC2C)N1. The lowest BCUT2D eigenvalue weighted by atomic mass is 10.2. The first kappa shape index (κ1) is 12.2. The van der Waals surface area contributed by atoms with Crippen LogP contribution >= 0.6 is 0 Å². The van der Waals surface area contributed by atoms with Gasteiger partial charge in [0.15, 0.2) is 6.10 Å². The highest BCUT2D eigenvalue weighted by Gasteiger charge is 2.35. The van der Waals surface area contributed by atoms with Crippen LogP contribution in [0, 0.1) is 0 Å². The van der Waals surface area contributed by atoms with Crippen LogP contribution in [0.5, 0.6) is 0 Å². The summed E-state index contributed by atoms with van der Waals surface area (Å²) in [5, 5.41) is 3.14. The van der Waals surface area contributed by atoms with Gasteiger partial charge in [0.2, 0.25) is 0 Å². The van der Waals surface area contributed by atoms with Gasteiger partial charge in [0.1, 0.15) is 18.8 Å². The van der Waals surface area contributed by atoms with Crippen molar-refractivity contribution in [1.29, 1.82) is 0 Å². The van der Waals surface area contributed by atoms with Crippen molar-refractivity contribution in [2.24, 2.45) is 0 Å². The largest absolute Gasteiger partial charge is 0.509 e. The second-order valence-corrected chi connectivity index (χ2v) is 4.56. The number of esters is 1. The van der Waals surface area contributed by atoms with Crippen LogP contribution < -0.4 is 5.32 Å². The maximum Gasteiger partial charge on any atom is 0.509 e. The molecule has 17 heavy (non-hydrogen) atoms. The van der Waals surface area contributed by atoms with Gasteiger partial charge in [0, 0.05) is 6.04 Å². The average molecular weight is 243 g/mol. The van der Waals surface area contributed by atoms with Gasteiger partial charge in [-0.3, -0.25) is 4.79 Å². The molecule has 2 saturated heterocycles.